The van der Waals surface area contributed by atoms with Gasteiger partial charge in [0.15, 0.2) is 0 Å². The van der Waals surface area contributed by atoms with E-state index >= 15 is 0 Å². The Kier molecular flexibility index (Phi) is 13.8. The molecular formula is C79H66O4. The van der Waals surface area contributed by atoms with Crippen molar-refractivity contribution in [2.75, 3.05) is 13.2 Å². The third kappa shape index (κ3) is 8.83. The first kappa shape index (κ1) is 52.7. The van der Waals surface area contributed by atoms with Crippen LogP contribution in [-0.2, 0) is 16.2 Å². The molecule has 15 rings (SSSR count). The number of benzene rings is 12. The minimum atomic E-state index is -0.495. The lowest BCUT2D eigenvalue weighted by molar-refractivity contribution is 0.266. The van der Waals surface area contributed by atoms with E-state index in [1.54, 1.807) is 12.1 Å². The summed E-state index contributed by atoms with van der Waals surface area (Å²) in [4.78, 5) is 0. The molecular weight excluding hydrogens is 1010 g/mol. The highest BCUT2D eigenvalue weighted by Crippen LogP contribution is 2.57. The minimum Gasteiger partial charge on any atom is -0.508 e. The number of hydrogen-bond acceptors (Lipinski definition) is 4. The SMILES string of the molecule is CC.CC1(c2ccc(OCCCCOc3ccc(C4(C)c5ccccc5-c5ccccc54)cc3)cc2)c2ccccc2-c2ccccc21.Oc1ccc2cc(C3(c4ccc5cc(O)ccc5c4)c4ccccc4-c4ccccc43)ccc2c1. The second-order valence-electron chi connectivity index (χ2n) is 22.2. The molecule has 0 aliphatic heterocycles. The molecule has 406 valence electrons. The van der Waals surface area contributed by atoms with Gasteiger partial charge in [-0.05, 0) is 198 Å². The minimum absolute atomic E-state index is 0.176. The van der Waals surface area contributed by atoms with Gasteiger partial charge in [0.05, 0.1) is 18.6 Å². The summed E-state index contributed by atoms with van der Waals surface area (Å²) < 4.78 is 12.3. The monoisotopic (exact) mass is 1080 g/mol. The lowest BCUT2D eigenvalue weighted by Crippen LogP contribution is -2.28. The van der Waals surface area contributed by atoms with Crippen molar-refractivity contribution >= 4 is 21.5 Å². The molecule has 0 radical (unpaired) electrons. The Morgan fingerprint density at radius 3 is 0.892 bits per heavy atom. The van der Waals surface area contributed by atoms with Crippen molar-refractivity contribution in [3.05, 3.63) is 323 Å². The Morgan fingerprint density at radius 1 is 0.289 bits per heavy atom. The molecule has 0 amide bonds. The first-order valence-electron chi connectivity index (χ1n) is 29.2. The molecule has 0 atom stereocenters. The van der Waals surface area contributed by atoms with Crippen molar-refractivity contribution in [3.8, 4) is 56.4 Å². The molecule has 0 fully saturated rings. The second kappa shape index (κ2) is 21.7. The molecule has 0 saturated heterocycles. The average Bonchev–Trinajstić information content (AvgIpc) is 2.46. The third-order valence-electron chi connectivity index (χ3n) is 17.8. The van der Waals surface area contributed by atoms with Gasteiger partial charge >= 0.3 is 0 Å². The van der Waals surface area contributed by atoms with Gasteiger partial charge < -0.3 is 19.7 Å². The van der Waals surface area contributed by atoms with Crippen LogP contribution < -0.4 is 9.47 Å². The zero-order valence-electron chi connectivity index (χ0n) is 47.4. The number of ether oxygens (including phenoxy) is 2. The quantitative estimate of drug-likeness (QED) is 0.127. The molecule has 0 heterocycles. The Labute approximate surface area is 487 Å². The number of hydrogen-bond donors (Lipinski definition) is 2. The fraction of sp³-hybridized carbons (Fsp3) is 0.139. The highest BCUT2D eigenvalue weighted by Gasteiger charge is 2.46. The molecule has 2 N–H and O–H groups in total. The van der Waals surface area contributed by atoms with Crippen molar-refractivity contribution < 1.29 is 19.7 Å². The molecule has 83 heavy (non-hydrogen) atoms. The summed E-state index contributed by atoms with van der Waals surface area (Å²) in [7, 11) is 0. The Balaban J connectivity index is 0.000000156. The van der Waals surface area contributed by atoms with Gasteiger partial charge in [0.2, 0.25) is 0 Å². The summed E-state index contributed by atoms with van der Waals surface area (Å²) in [6, 6.07) is 94.1. The van der Waals surface area contributed by atoms with Gasteiger partial charge in [-0.15, -0.1) is 0 Å². The number of fused-ring (bicyclic) bond motifs is 11. The van der Waals surface area contributed by atoms with Crippen LogP contribution in [0.1, 0.15) is 96.2 Å². The molecule has 0 spiro atoms. The van der Waals surface area contributed by atoms with Crippen molar-refractivity contribution in [2.24, 2.45) is 0 Å². The van der Waals surface area contributed by atoms with Gasteiger partial charge in [-0.25, -0.2) is 0 Å². The van der Waals surface area contributed by atoms with E-state index in [1.165, 1.54) is 89.0 Å². The van der Waals surface area contributed by atoms with Crippen LogP contribution in [0, 0.1) is 0 Å². The van der Waals surface area contributed by atoms with Crippen LogP contribution >= 0.6 is 0 Å². The van der Waals surface area contributed by atoms with Crippen LogP contribution in [-0.4, -0.2) is 23.4 Å². The Bertz CT molecular complexity index is 3990. The Hall–Kier alpha value is -9.64. The highest BCUT2D eigenvalue weighted by atomic mass is 16.5. The molecule has 3 aliphatic carbocycles. The van der Waals surface area contributed by atoms with Crippen LogP contribution in [0.15, 0.2) is 267 Å². The number of rotatable bonds is 11. The van der Waals surface area contributed by atoms with Crippen LogP contribution in [0.5, 0.6) is 23.0 Å². The van der Waals surface area contributed by atoms with Gasteiger partial charge in [-0.3, -0.25) is 0 Å². The van der Waals surface area contributed by atoms with Crippen LogP contribution in [0.3, 0.4) is 0 Å². The van der Waals surface area contributed by atoms with Crippen LogP contribution in [0.25, 0.3) is 54.9 Å². The molecule has 4 nitrogen and oxygen atoms in total. The predicted octanol–water partition coefficient (Wildman–Crippen LogP) is 19.4. The molecule has 0 unspecified atom stereocenters. The standard InChI is InChI=1S/C44H38O2.C33H22O2.C2H6/c1-43(39-17-7-3-13-35(39)36-14-4-8-18-40(36)43)31-21-25-33(26-22-31)45-29-11-12-30-46-34-27-23-32(24-28-34)44(2)41-19-9-5-15-37(41)38-16-6-10-20-42(38)44;34-27-15-11-21-17-25(13-9-23(21)19-27)33(26-14-10-24-20-28(35)16-12-22(24)18-26)31-7-3-1-5-29(31)30-6-2-4-8-32(30)33;1-2/h3-10,13-28H,11-12,29-30H2,1-2H3;1-20,34-35H;1-2H3. The fourth-order valence-electron chi connectivity index (χ4n) is 13.8. The number of phenols is 2. The van der Waals surface area contributed by atoms with Gasteiger partial charge in [0.1, 0.15) is 23.0 Å². The maximum absolute atomic E-state index is 10.0. The Morgan fingerprint density at radius 2 is 0.554 bits per heavy atom. The van der Waals surface area contributed by atoms with Gasteiger partial charge in [-0.2, -0.15) is 0 Å². The van der Waals surface area contributed by atoms with Crippen LogP contribution in [0.2, 0.25) is 0 Å². The molecule has 3 aliphatic rings. The first-order chi connectivity index (χ1) is 40.7. The average molecular weight is 1080 g/mol. The van der Waals surface area contributed by atoms with E-state index in [2.05, 4.69) is 244 Å². The lowest BCUT2D eigenvalue weighted by Gasteiger charge is -2.34. The molecule has 0 aromatic heterocycles. The van der Waals surface area contributed by atoms with Gasteiger partial charge in [0, 0.05) is 10.8 Å². The molecule has 4 heteroatoms. The largest absolute Gasteiger partial charge is 0.508 e. The van der Waals surface area contributed by atoms with E-state index in [-0.39, 0.29) is 22.3 Å². The highest BCUT2D eigenvalue weighted by molar-refractivity contribution is 5.92. The van der Waals surface area contributed by atoms with E-state index in [4.69, 9.17) is 9.47 Å². The first-order valence-corrected chi connectivity index (χ1v) is 29.2. The van der Waals surface area contributed by atoms with E-state index in [9.17, 15) is 10.2 Å². The lowest BCUT2D eigenvalue weighted by atomic mass is 9.67. The van der Waals surface area contributed by atoms with Crippen molar-refractivity contribution in [1.29, 1.82) is 0 Å². The van der Waals surface area contributed by atoms with Crippen LogP contribution in [0.4, 0.5) is 0 Å². The number of unbranched alkanes of at least 4 members (excludes halogenated alkanes) is 1. The van der Waals surface area contributed by atoms with Crippen molar-refractivity contribution in [2.45, 2.75) is 56.8 Å². The summed E-state index contributed by atoms with van der Waals surface area (Å²) in [5.41, 5.74) is 19.9. The van der Waals surface area contributed by atoms with Gasteiger partial charge in [0.25, 0.3) is 0 Å². The summed E-state index contributed by atoms with van der Waals surface area (Å²) in [6.07, 6.45) is 1.87. The van der Waals surface area contributed by atoms with E-state index in [0.29, 0.717) is 13.2 Å². The number of phenolic OH excluding ortho intramolecular Hbond substituents is 2. The van der Waals surface area contributed by atoms with E-state index < -0.39 is 5.41 Å². The van der Waals surface area contributed by atoms with E-state index in [1.807, 2.05) is 38.1 Å². The molecule has 0 bridgehead atoms. The number of aromatic hydroxyl groups is 2. The third-order valence-corrected chi connectivity index (χ3v) is 17.8. The van der Waals surface area contributed by atoms with E-state index in [0.717, 1.165) is 45.9 Å². The maximum Gasteiger partial charge on any atom is 0.119 e. The maximum atomic E-state index is 10.0. The topological polar surface area (TPSA) is 58.9 Å². The van der Waals surface area contributed by atoms with Crippen molar-refractivity contribution in [3.63, 3.8) is 0 Å². The normalized spacial score (nSPS) is 13.9. The van der Waals surface area contributed by atoms with Gasteiger partial charge in [-0.1, -0.05) is 220 Å². The molecule has 0 saturated carbocycles. The molecule has 12 aromatic carbocycles. The zero-order valence-corrected chi connectivity index (χ0v) is 47.4. The zero-order chi connectivity index (χ0) is 56.7. The smallest absolute Gasteiger partial charge is 0.119 e. The summed E-state index contributed by atoms with van der Waals surface area (Å²) in [5, 5.41) is 24.2. The molecule has 12 aromatic rings. The second-order valence-corrected chi connectivity index (χ2v) is 22.2. The summed E-state index contributed by atoms with van der Waals surface area (Å²) in [5.74, 6) is 2.36. The predicted molar refractivity (Wildman–Crippen MR) is 341 cm³/mol. The summed E-state index contributed by atoms with van der Waals surface area (Å²) in [6.45, 7) is 10.0. The summed E-state index contributed by atoms with van der Waals surface area (Å²) >= 11 is 0. The van der Waals surface area contributed by atoms with Crippen molar-refractivity contribution in [1.82, 2.24) is 0 Å². The fourth-order valence-corrected chi connectivity index (χ4v) is 13.8.